The van der Waals surface area contributed by atoms with Gasteiger partial charge in [0.1, 0.15) is 11.1 Å². The molecule has 1 amide bonds. The van der Waals surface area contributed by atoms with Crippen molar-refractivity contribution in [1.82, 2.24) is 10.2 Å². The molecule has 1 aliphatic heterocycles. The predicted octanol–water partition coefficient (Wildman–Crippen LogP) is -0.573. The zero-order valence-corrected chi connectivity index (χ0v) is 11.4. The van der Waals surface area contributed by atoms with Crippen molar-refractivity contribution in [3.8, 4) is 6.07 Å². The van der Waals surface area contributed by atoms with Gasteiger partial charge < -0.3 is 16.2 Å². The Balaban J connectivity index is 1.87. The van der Waals surface area contributed by atoms with Crippen LogP contribution in [0.2, 0.25) is 0 Å². The Hall–Kier alpha value is -1.65. The third-order valence-electron chi connectivity index (χ3n) is 4.22. The average molecular weight is 280 g/mol. The van der Waals surface area contributed by atoms with E-state index in [9.17, 15) is 14.9 Å². The minimum absolute atomic E-state index is 0.0929. The molecule has 1 saturated heterocycles. The maximum Gasteiger partial charge on any atom is 0.325 e. The van der Waals surface area contributed by atoms with Crippen LogP contribution in [0.3, 0.4) is 0 Å². The molecule has 2 rings (SSSR count). The van der Waals surface area contributed by atoms with E-state index in [1.165, 1.54) is 0 Å². The summed E-state index contributed by atoms with van der Waals surface area (Å²) in [4.78, 5) is 24.8. The number of hydrogen-bond donors (Lipinski definition) is 3. The number of carboxylic acids is 1. The van der Waals surface area contributed by atoms with Crippen LogP contribution in [0.1, 0.15) is 32.1 Å². The van der Waals surface area contributed by atoms with Gasteiger partial charge >= 0.3 is 5.97 Å². The minimum atomic E-state index is -1.26. The highest BCUT2D eigenvalue weighted by Crippen LogP contribution is 2.29. The Morgan fingerprint density at radius 1 is 1.35 bits per heavy atom. The molecule has 4 N–H and O–H groups in total. The topological polar surface area (TPSA) is 119 Å². The monoisotopic (exact) mass is 280 g/mol. The van der Waals surface area contributed by atoms with Crippen molar-refractivity contribution in [3.05, 3.63) is 0 Å². The summed E-state index contributed by atoms with van der Waals surface area (Å²) in [7, 11) is 0. The van der Waals surface area contributed by atoms with E-state index >= 15 is 0 Å². The second-order valence-electron chi connectivity index (χ2n) is 5.87. The molecule has 1 unspecified atom stereocenters. The highest BCUT2D eigenvalue weighted by atomic mass is 16.4. The molecule has 2 fully saturated rings. The fourth-order valence-electron chi connectivity index (χ4n) is 2.98. The first-order valence-electron chi connectivity index (χ1n) is 6.86. The lowest BCUT2D eigenvalue weighted by Crippen LogP contribution is -2.52. The van der Waals surface area contributed by atoms with Crippen LogP contribution in [-0.4, -0.2) is 52.6 Å². The SMILES string of the molecule is N#CC1(NC(=O)CN2CCC(N)(C(=O)O)C2)CCCC1. The molecule has 0 aromatic rings. The maximum atomic E-state index is 12.0. The van der Waals surface area contributed by atoms with E-state index in [1.54, 1.807) is 4.90 Å². The average Bonchev–Trinajstić information content (AvgIpc) is 2.98. The van der Waals surface area contributed by atoms with E-state index < -0.39 is 17.0 Å². The molecule has 1 atom stereocenters. The van der Waals surface area contributed by atoms with Crippen LogP contribution in [0.25, 0.3) is 0 Å². The molecule has 110 valence electrons. The van der Waals surface area contributed by atoms with Gasteiger partial charge in [-0.15, -0.1) is 0 Å². The number of rotatable bonds is 4. The Bertz CT molecular complexity index is 453. The van der Waals surface area contributed by atoms with Crippen LogP contribution in [0.5, 0.6) is 0 Å². The number of nitrogens with zero attached hydrogens (tertiary/aromatic N) is 2. The Kier molecular flexibility index (Phi) is 3.97. The number of carbonyl (C=O) groups is 2. The van der Waals surface area contributed by atoms with Gasteiger partial charge in [-0.25, -0.2) is 0 Å². The standard InChI is InChI=1S/C13H20N4O3/c14-8-12(3-1-2-4-12)16-10(18)7-17-6-5-13(15,9-17)11(19)20/h1-7,9,15H2,(H,16,18)(H,19,20). The molecule has 1 saturated carbocycles. The van der Waals surface area contributed by atoms with Crippen molar-refractivity contribution in [2.45, 2.75) is 43.2 Å². The van der Waals surface area contributed by atoms with Gasteiger partial charge in [0.25, 0.3) is 0 Å². The molecular weight excluding hydrogens is 260 g/mol. The second kappa shape index (κ2) is 5.38. The Morgan fingerprint density at radius 2 is 2.00 bits per heavy atom. The fourth-order valence-corrected chi connectivity index (χ4v) is 2.98. The summed E-state index contributed by atoms with van der Waals surface area (Å²) in [5, 5.41) is 21.0. The highest BCUT2D eigenvalue weighted by Gasteiger charge is 2.42. The number of nitriles is 1. The second-order valence-corrected chi connectivity index (χ2v) is 5.87. The number of carboxylic acid groups (broad SMARTS) is 1. The maximum absolute atomic E-state index is 12.0. The van der Waals surface area contributed by atoms with Gasteiger partial charge in [-0.1, -0.05) is 0 Å². The van der Waals surface area contributed by atoms with E-state index in [0.717, 1.165) is 12.8 Å². The summed E-state index contributed by atoms with van der Waals surface area (Å²) < 4.78 is 0. The van der Waals surface area contributed by atoms with Crippen LogP contribution in [-0.2, 0) is 9.59 Å². The third kappa shape index (κ3) is 2.92. The zero-order chi connectivity index (χ0) is 14.8. The van der Waals surface area contributed by atoms with Gasteiger partial charge in [0.05, 0.1) is 12.6 Å². The fraction of sp³-hybridized carbons (Fsp3) is 0.769. The number of amides is 1. The van der Waals surface area contributed by atoms with E-state index in [0.29, 0.717) is 25.8 Å². The minimum Gasteiger partial charge on any atom is -0.480 e. The molecule has 2 aliphatic rings. The molecular formula is C13H20N4O3. The number of hydrogen-bond acceptors (Lipinski definition) is 5. The molecule has 1 heterocycles. The summed E-state index contributed by atoms with van der Waals surface area (Å²) in [5.41, 5.74) is 3.76. The Morgan fingerprint density at radius 3 is 2.50 bits per heavy atom. The highest BCUT2D eigenvalue weighted by molar-refractivity contribution is 5.81. The first-order chi connectivity index (χ1) is 9.39. The summed E-state index contributed by atoms with van der Waals surface area (Å²) in [6.07, 6.45) is 3.60. The number of likely N-dealkylation sites (tertiary alicyclic amines) is 1. The first-order valence-corrected chi connectivity index (χ1v) is 6.86. The largest absolute Gasteiger partial charge is 0.480 e. The van der Waals surface area contributed by atoms with E-state index in [2.05, 4.69) is 11.4 Å². The van der Waals surface area contributed by atoms with Crippen molar-refractivity contribution < 1.29 is 14.7 Å². The normalized spacial score (nSPS) is 29.0. The smallest absolute Gasteiger partial charge is 0.325 e. The van der Waals surface area contributed by atoms with Gasteiger partial charge in [0.2, 0.25) is 5.91 Å². The van der Waals surface area contributed by atoms with Crippen molar-refractivity contribution in [3.63, 3.8) is 0 Å². The number of aliphatic carboxylic acids is 1. The zero-order valence-electron chi connectivity index (χ0n) is 11.4. The third-order valence-corrected chi connectivity index (χ3v) is 4.22. The lowest BCUT2D eigenvalue weighted by Gasteiger charge is -2.24. The van der Waals surface area contributed by atoms with Crippen LogP contribution in [0.4, 0.5) is 0 Å². The van der Waals surface area contributed by atoms with Gasteiger partial charge in [-0.3, -0.25) is 14.5 Å². The quantitative estimate of drug-likeness (QED) is 0.634. The van der Waals surface area contributed by atoms with Gasteiger partial charge in [0.15, 0.2) is 0 Å². The van der Waals surface area contributed by atoms with Gasteiger partial charge in [-0.2, -0.15) is 5.26 Å². The molecule has 0 radical (unpaired) electrons. The van der Waals surface area contributed by atoms with Crippen molar-refractivity contribution in [1.29, 1.82) is 5.26 Å². The van der Waals surface area contributed by atoms with Gasteiger partial charge in [0, 0.05) is 13.1 Å². The van der Waals surface area contributed by atoms with Crippen LogP contribution < -0.4 is 11.1 Å². The lowest BCUT2D eigenvalue weighted by atomic mass is 10.00. The van der Waals surface area contributed by atoms with Crippen LogP contribution in [0, 0.1) is 11.3 Å². The molecule has 0 aromatic heterocycles. The summed E-state index contributed by atoms with van der Waals surface area (Å²) >= 11 is 0. The van der Waals surface area contributed by atoms with Crippen molar-refractivity contribution in [2.24, 2.45) is 5.73 Å². The van der Waals surface area contributed by atoms with Crippen LogP contribution >= 0.6 is 0 Å². The predicted molar refractivity (Wildman–Crippen MR) is 70.6 cm³/mol. The molecule has 1 aliphatic carbocycles. The molecule has 20 heavy (non-hydrogen) atoms. The summed E-state index contributed by atoms with van der Waals surface area (Å²) in [5.74, 6) is -1.27. The molecule has 7 nitrogen and oxygen atoms in total. The molecule has 7 heteroatoms. The number of carbonyl (C=O) groups excluding carboxylic acids is 1. The van der Waals surface area contributed by atoms with E-state index in [1.807, 2.05) is 0 Å². The summed E-state index contributed by atoms with van der Waals surface area (Å²) in [6, 6.07) is 2.20. The van der Waals surface area contributed by atoms with Gasteiger partial charge in [-0.05, 0) is 32.1 Å². The lowest BCUT2D eigenvalue weighted by molar-refractivity contribution is -0.143. The first kappa shape index (κ1) is 14.8. The molecule has 0 aromatic carbocycles. The van der Waals surface area contributed by atoms with Crippen molar-refractivity contribution in [2.75, 3.05) is 19.6 Å². The van der Waals surface area contributed by atoms with E-state index in [-0.39, 0.29) is 19.0 Å². The van der Waals surface area contributed by atoms with E-state index in [4.69, 9.17) is 10.8 Å². The Labute approximate surface area is 117 Å². The number of nitrogens with two attached hydrogens (primary N) is 1. The van der Waals surface area contributed by atoms with Crippen molar-refractivity contribution >= 4 is 11.9 Å². The number of nitrogens with one attached hydrogen (secondary N) is 1. The van der Waals surface area contributed by atoms with Crippen LogP contribution in [0.15, 0.2) is 0 Å². The molecule has 0 spiro atoms. The summed E-state index contributed by atoms with van der Waals surface area (Å²) in [6.45, 7) is 0.737. The molecule has 0 bridgehead atoms.